The van der Waals surface area contributed by atoms with Crippen LogP contribution >= 0.6 is 0 Å². The van der Waals surface area contributed by atoms with Crippen molar-refractivity contribution in [2.75, 3.05) is 19.6 Å². The van der Waals surface area contributed by atoms with Gasteiger partial charge in [-0.05, 0) is 31.0 Å². The van der Waals surface area contributed by atoms with Crippen LogP contribution in [0, 0.1) is 0 Å². The van der Waals surface area contributed by atoms with Gasteiger partial charge in [-0.3, -0.25) is 0 Å². The summed E-state index contributed by atoms with van der Waals surface area (Å²) in [5, 5.41) is 0. The Balaban J connectivity index is 1.97. The second-order valence-corrected chi connectivity index (χ2v) is 7.61. The van der Waals surface area contributed by atoms with Crippen LogP contribution in [0.25, 0.3) is 0 Å². The second kappa shape index (κ2) is 7.38. The molecule has 1 heterocycles. The lowest BCUT2D eigenvalue weighted by atomic mass is 10.1. The van der Waals surface area contributed by atoms with Crippen LogP contribution in [0.3, 0.4) is 0 Å². The molecule has 2 rings (SSSR count). The number of nitrogens with one attached hydrogen (secondary N) is 2. The van der Waals surface area contributed by atoms with E-state index in [4.69, 9.17) is 0 Å². The van der Waals surface area contributed by atoms with Crippen molar-refractivity contribution in [2.24, 2.45) is 0 Å². The van der Waals surface area contributed by atoms with Crippen LogP contribution in [0.15, 0.2) is 29.2 Å². The minimum absolute atomic E-state index is 0.374. The molecule has 5 heteroatoms. The Bertz CT molecular complexity index is 540. The molecule has 1 saturated heterocycles. The normalized spacial score (nSPS) is 22.6. The lowest BCUT2D eigenvalue weighted by Gasteiger charge is -2.20. The van der Waals surface area contributed by atoms with Gasteiger partial charge < -0.3 is 4.90 Å². The quantitative estimate of drug-likeness (QED) is 0.789. The molecule has 0 bridgehead atoms. The third-order valence-corrected chi connectivity index (χ3v) is 5.81. The largest absolute Gasteiger partial charge is 0.332 e. The fourth-order valence-electron chi connectivity index (χ4n) is 3.11. The zero-order valence-corrected chi connectivity index (χ0v) is 13.9. The van der Waals surface area contributed by atoms with Crippen LogP contribution in [0.1, 0.15) is 38.7 Å². The zero-order valence-electron chi connectivity index (χ0n) is 13.1. The maximum Gasteiger partial charge on any atom is 0.240 e. The van der Waals surface area contributed by atoms with Crippen molar-refractivity contribution in [3.8, 4) is 0 Å². The Kier molecular flexibility index (Phi) is 5.79. The summed E-state index contributed by atoms with van der Waals surface area (Å²) in [4.78, 5) is 1.88. The van der Waals surface area contributed by atoms with Gasteiger partial charge in [0, 0.05) is 12.8 Å². The number of sulfonamides is 1. The number of quaternary nitrogens is 1. The van der Waals surface area contributed by atoms with Crippen LogP contribution in [0.4, 0.5) is 0 Å². The molecule has 1 aromatic rings. The molecule has 0 saturated carbocycles. The lowest BCUT2D eigenvalue weighted by Crippen LogP contribution is -3.14. The smallest absolute Gasteiger partial charge is 0.240 e. The number of likely N-dealkylation sites (N-methyl/N-ethyl adjacent to an activating group) is 1. The van der Waals surface area contributed by atoms with E-state index in [0.717, 1.165) is 32.4 Å². The maximum absolute atomic E-state index is 12.3. The van der Waals surface area contributed by atoms with E-state index in [0.29, 0.717) is 17.5 Å². The topological polar surface area (TPSA) is 50.6 Å². The number of hydrogen-bond acceptors (Lipinski definition) is 2. The fraction of sp³-hybridized carbons (Fsp3) is 0.625. The number of rotatable bonds is 7. The van der Waals surface area contributed by atoms with Gasteiger partial charge in [-0.2, -0.15) is 0 Å². The molecule has 0 radical (unpaired) electrons. The first-order chi connectivity index (χ1) is 10.1. The molecule has 1 aliphatic heterocycles. The van der Waals surface area contributed by atoms with E-state index < -0.39 is 10.0 Å². The lowest BCUT2D eigenvalue weighted by molar-refractivity contribution is -0.909. The highest BCUT2D eigenvalue weighted by molar-refractivity contribution is 7.89. The van der Waals surface area contributed by atoms with Crippen LogP contribution in [0.5, 0.6) is 0 Å². The Hall–Kier alpha value is -0.910. The van der Waals surface area contributed by atoms with E-state index in [1.54, 1.807) is 12.1 Å². The second-order valence-electron chi connectivity index (χ2n) is 5.85. The highest BCUT2D eigenvalue weighted by Crippen LogP contribution is 2.12. The SMILES string of the molecule is CCCc1ccc(S(=O)(=O)NC[C@H]2CCC[NH+]2CC)cc1. The first kappa shape index (κ1) is 16.5. The van der Waals surface area contributed by atoms with Gasteiger partial charge in [-0.1, -0.05) is 25.5 Å². The number of likely N-dealkylation sites (tertiary alicyclic amines) is 1. The van der Waals surface area contributed by atoms with Crippen LogP contribution in [-0.4, -0.2) is 34.1 Å². The van der Waals surface area contributed by atoms with E-state index >= 15 is 0 Å². The molecule has 21 heavy (non-hydrogen) atoms. The van der Waals surface area contributed by atoms with Crippen molar-refractivity contribution in [1.29, 1.82) is 0 Å². The molecule has 1 unspecified atom stereocenters. The first-order valence-electron chi connectivity index (χ1n) is 8.00. The van der Waals surface area contributed by atoms with Crippen molar-refractivity contribution >= 4 is 10.0 Å². The summed E-state index contributed by atoms with van der Waals surface area (Å²) in [6.45, 7) is 7.05. The molecule has 1 aliphatic rings. The molecule has 0 aliphatic carbocycles. The standard InChI is InChI=1S/C16H26N2O2S/c1-3-6-14-8-10-16(11-9-14)21(19,20)17-13-15-7-5-12-18(15)4-2/h8-11,15,17H,3-7,12-13H2,1-2H3/p+1/t15-/m1/s1. The van der Waals surface area contributed by atoms with Gasteiger partial charge in [-0.15, -0.1) is 0 Å². The first-order valence-corrected chi connectivity index (χ1v) is 9.48. The van der Waals surface area contributed by atoms with Crippen molar-refractivity contribution in [2.45, 2.75) is 50.5 Å². The van der Waals surface area contributed by atoms with Crippen LogP contribution in [0.2, 0.25) is 0 Å². The predicted octanol–water partition coefficient (Wildman–Crippen LogP) is 0.985. The molecule has 1 aromatic carbocycles. The summed E-state index contributed by atoms with van der Waals surface area (Å²) in [7, 11) is -3.37. The summed E-state index contributed by atoms with van der Waals surface area (Å²) < 4.78 is 27.4. The van der Waals surface area contributed by atoms with Gasteiger partial charge in [0.15, 0.2) is 0 Å². The van der Waals surface area contributed by atoms with Gasteiger partial charge in [0.1, 0.15) is 6.04 Å². The van der Waals surface area contributed by atoms with E-state index in [2.05, 4.69) is 18.6 Å². The van der Waals surface area contributed by atoms with E-state index in [1.807, 2.05) is 12.1 Å². The molecule has 0 amide bonds. The number of hydrogen-bond donors (Lipinski definition) is 2. The predicted molar refractivity (Wildman–Crippen MR) is 85.0 cm³/mol. The van der Waals surface area contributed by atoms with Crippen molar-refractivity contribution in [3.63, 3.8) is 0 Å². The van der Waals surface area contributed by atoms with Gasteiger partial charge in [0.05, 0.1) is 24.5 Å². The number of aryl methyl sites for hydroxylation is 1. The Morgan fingerprint density at radius 3 is 2.57 bits per heavy atom. The summed E-state index contributed by atoms with van der Waals surface area (Å²) in [6.07, 6.45) is 4.37. The Morgan fingerprint density at radius 2 is 1.95 bits per heavy atom. The highest BCUT2D eigenvalue weighted by Gasteiger charge is 2.28. The van der Waals surface area contributed by atoms with Crippen LogP contribution < -0.4 is 9.62 Å². The highest BCUT2D eigenvalue weighted by atomic mass is 32.2. The van der Waals surface area contributed by atoms with E-state index in [1.165, 1.54) is 16.9 Å². The van der Waals surface area contributed by atoms with Gasteiger partial charge in [0.2, 0.25) is 10.0 Å². The molecule has 2 atom stereocenters. The average Bonchev–Trinajstić information content (AvgIpc) is 2.94. The third kappa shape index (κ3) is 4.28. The Morgan fingerprint density at radius 1 is 1.24 bits per heavy atom. The molecule has 4 nitrogen and oxygen atoms in total. The van der Waals surface area contributed by atoms with Crippen molar-refractivity contribution in [1.82, 2.24) is 4.72 Å². The maximum atomic E-state index is 12.3. The zero-order chi connectivity index (χ0) is 15.3. The molecule has 2 N–H and O–H groups in total. The van der Waals surface area contributed by atoms with Gasteiger partial charge >= 0.3 is 0 Å². The molecule has 118 valence electrons. The van der Waals surface area contributed by atoms with Crippen molar-refractivity contribution in [3.05, 3.63) is 29.8 Å². The molecular weight excluding hydrogens is 284 g/mol. The molecule has 0 aromatic heterocycles. The summed E-state index contributed by atoms with van der Waals surface area (Å²) >= 11 is 0. The monoisotopic (exact) mass is 311 g/mol. The summed E-state index contributed by atoms with van der Waals surface area (Å²) in [6, 6.07) is 7.68. The van der Waals surface area contributed by atoms with E-state index in [9.17, 15) is 8.42 Å². The molecule has 1 fully saturated rings. The Labute approximate surface area is 128 Å². The average molecular weight is 311 g/mol. The molecule has 0 spiro atoms. The number of benzene rings is 1. The minimum Gasteiger partial charge on any atom is -0.332 e. The van der Waals surface area contributed by atoms with Crippen LogP contribution in [-0.2, 0) is 16.4 Å². The van der Waals surface area contributed by atoms with E-state index in [-0.39, 0.29) is 0 Å². The van der Waals surface area contributed by atoms with Gasteiger partial charge in [-0.25, -0.2) is 13.1 Å². The molecular formula is C16H27N2O2S+. The summed E-state index contributed by atoms with van der Waals surface area (Å²) in [5.41, 5.74) is 1.19. The van der Waals surface area contributed by atoms with Crippen molar-refractivity contribution < 1.29 is 13.3 Å². The fourth-order valence-corrected chi connectivity index (χ4v) is 4.19. The third-order valence-electron chi connectivity index (χ3n) is 4.37. The minimum atomic E-state index is -3.37. The van der Waals surface area contributed by atoms with Gasteiger partial charge in [0.25, 0.3) is 0 Å². The summed E-state index contributed by atoms with van der Waals surface area (Å²) in [5.74, 6) is 0.